The lowest BCUT2D eigenvalue weighted by Crippen LogP contribution is -2.30. The third-order valence-corrected chi connectivity index (χ3v) is 7.18. The molecule has 2 heterocycles. The molecule has 0 saturated heterocycles. The minimum absolute atomic E-state index is 0.0146. The fourth-order valence-electron chi connectivity index (χ4n) is 5.34. The molecule has 1 aliphatic carbocycles. The van der Waals surface area contributed by atoms with Crippen molar-refractivity contribution in [2.45, 2.75) is 25.8 Å². The maximum Gasteiger partial charge on any atom is 0.345 e. The number of aromatic carboxylic acids is 1. The average molecular weight is 503 g/mol. The van der Waals surface area contributed by atoms with Gasteiger partial charge < -0.3 is 28.8 Å². The van der Waals surface area contributed by atoms with Gasteiger partial charge in [-0.3, -0.25) is 9.59 Å². The summed E-state index contributed by atoms with van der Waals surface area (Å²) in [5.74, 6) is -0.932. The Morgan fingerprint density at radius 3 is 2.51 bits per heavy atom. The van der Waals surface area contributed by atoms with Crippen LogP contribution in [0.2, 0.25) is 0 Å². The van der Waals surface area contributed by atoms with Crippen LogP contribution in [0.15, 0.2) is 41.2 Å². The van der Waals surface area contributed by atoms with Gasteiger partial charge in [-0.15, -0.1) is 0 Å². The van der Waals surface area contributed by atoms with Gasteiger partial charge in [-0.05, 0) is 49.1 Å². The summed E-state index contributed by atoms with van der Waals surface area (Å²) in [4.78, 5) is 37.3. The van der Waals surface area contributed by atoms with Crippen LogP contribution in [0.25, 0.3) is 22.2 Å². The number of rotatable bonds is 6. The van der Waals surface area contributed by atoms with E-state index in [4.69, 9.17) is 9.47 Å². The third kappa shape index (κ3) is 3.74. The first-order valence-electron chi connectivity index (χ1n) is 11.8. The van der Waals surface area contributed by atoms with Crippen LogP contribution in [0.5, 0.6) is 17.2 Å². The first kappa shape index (κ1) is 24.2. The Labute approximate surface area is 212 Å². The van der Waals surface area contributed by atoms with Crippen LogP contribution in [0.4, 0.5) is 0 Å². The van der Waals surface area contributed by atoms with E-state index in [1.807, 2.05) is 29.8 Å². The van der Waals surface area contributed by atoms with E-state index in [0.29, 0.717) is 53.3 Å². The number of carbonyl (C=O) groups excluding carboxylic acids is 1. The molecule has 0 spiro atoms. The molecule has 0 fully saturated rings. The Balaban J connectivity index is 1.85. The topological polar surface area (TPSA) is 120 Å². The van der Waals surface area contributed by atoms with Crippen LogP contribution >= 0.6 is 0 Å². The zero-order valence-electron chi connectivity index (χ0n) is 20.7. The SMILES string of the molecule is COc1ccc(Cn2c3c(c(O)c(C(=O)O)c2=O)CCCc2c-3ccc3c2cc(C=O)n3C)c(OC)c1. The molecule has 9 heteroatoms. The number of nitrogens with zero attached hydrogens (tertiary/aromatic N) is 2. The number of aromatic hydroxyl groups is 1. The first-order valence-corrected chi connectivity index (χ1v) is 11.8. The number of aromatic nitrogens is 2. The maximum absolute atomic E-state index is 13.6. The summed E-state index contributed by atoms with van der Waals surface area (Å²) in [5, 5.41) is 21.7. The van der Waals surface area contributed by atoms with Gasteiger partial charge in [-0.25, -0.2) is 4.79 Å². The molecule has 0 amide bonds. The van der Waals surface area contributed by atoms with E-state index in [0.717, 1.165) is 28.3 Å². The van der Waals surface area contributed by atoms with Crippen molar-refractivity contribution in [3.05, 3.63) is 74.7 Å². The van der Waals surface area contributed by atoms with Gasteiger partial charge in [-0.1, -0.05) is 6.07 Å². The highest BCUT2D eigenvalue weighted by atomic mass is 16.5. The Bertz CT molecular complexity index is 1650. The number of hydrogen-bond donors (Lipinski definition) is 2. The predicted molar refractivity (Wildman–Crippen MR) is 137 cm³/mol. The van der Waals surface area contributed by atoms with E-state index in [-0.39, 0.29) is 6.54 Å². The quantitative estimate of drug-likeness (QED) is 0.385. The molecule has 2 aromatic carbocycles. The third-order valence-electron chi connectivity index (χ3n) is 7.18. The van der Waals surface area contributed by atoms with E-state index in [1.165, 1.54) is 18.8 Å². The summed E-state index contributed by atoms with van der Waals surface area (Å²) in [6, 6.07) is 10.8. The highest BCUT2D eigenvalue weighted by Gasteiger charge is 2.30. The molecule has 1 aliphatic rings. The Morgan fingerprint density at radius 2 is 1.84 bits per heavy atom. The van der Waals surface area contributed by atoms with Crippen molar-refractivity contribution in [2.75, 3.05) is 14.2 Å². The number of aldehydes is 1. The standard InChI is InChI=1S/C28H26N2O7/c1-29-16(14-31)11-21-18-5-4-6-20-25(19(18)9-10-22(21)29)30(27(33)24(26(20)32)28(34)35)13-15-7-8-17(36-2)12-23(15)37-3/h7-12,14,32H,4-6,13H2,1-3H3,(H,34,35). The Hall–Kier alpha value is -4.53. The molecule has 0 aliphatic heterocycles. The molecule has 2 N–H and O–H groups in total. The van der Waals surface area contributed by atoms with Crippen molar-refractivity contribution in [1.29, 1.82) is 0 Å². The van der Waals surface area contributed by atoms with Crippen LogP contribution in [0, 0.1) is 0 Å². The summed E-state index contributed by atoms with van der Waals surface area (Å²) in [6.07, 6.45) is 2.44. The summed E-state index contributed by atoms with van der Waals surface area (Å²) in [7, 11) is 4.86. The molecule has 4 aromatic rings. The van der Waals surface area contributed by atoms with Gasteiger partial charge >= 0.3 is 5.97 Å². The molecule has 37 heavy (non-hydrogen) atoms. The normalized spacial score (nSPS) is 12.5. The smallest absolute Gasteiger partial charge is 0.345 e. The second-order valence-electron chi connectivity index (χ2n) is 9.05. The van der Waals surface area contributed by atoms with Crippen molar-refractivity contribution in [3.8, 4) is 28.5 Å². The van der Waals surface area contributed by atoms with E-state index in [2.05, 4.69) is 0 Å². The van der Waals surface area contributed by atoms with Gasteiger partial charge in [0.25, 0.3) is 5.56 Å². The number of fused-ring (bicyclic) bond motifs is 5. The van der Waals surface area contributed by atoms with E-state index < -0.39 is 22.8 Å². The molecule has 0 unspecified atom stereocenters. The number of methoxy groups -OCH3 is 2. The van der Waals surface area contributed by atoms with Gasteiger partial charge in [0, 0.05) is 40.7 Å². The first-order chi connectivity index (χ1) is 17.8. The zero-order chi connectivity index (χ0) is 26.4. The lowest BCUT2D eigenvalue weighted by atomic mass is 9.96. The second kappa shape index (κ2) is 9.16. The number of hydrogen-bond acceptors (Lipinski definition) is 6. The van der Waals surface area contributed by atoms with E-state index in [1.54, 1.807) is 18.2 Å². The number of carbonyl (C=O) groups is 2. The summed E-state index contributed by atoms with van der Waals surface area (Å²) in [6.45, 7) is 0.0146. The minimum Gasteiger partial charge on any atom is -0.506 e. The molecule has 190 valence electrons. The fourth-order valence-corrected chi connectivity index (χ4v) is 5.34. The zero-order valence-corrected chi connectivity index (χ0v) is 20.7. The number of aryl methyl sites for hydroxylation is 2. The Kier molecular flexibility index (Phi) is 5.99. The van der Waals surface area contributed by atoms with Crippen molar-refractivity contribution in [1.82, 2.24) is 9.13 Å². The largest absolute Gasteiger partial charge is 0.506 e. The molecular weight excluding hydrogens is 476 g/mol. The van der Waals surface area contributed by atoms with Crippen LogP contribution in [-0.2, 0) is 26.4 Å². The number of ether oxygens (including phenoxy) is 2. The van der Waals surface area contributed by atoms with Crippen LogP contribution in [0.3, 0.4) is 0 Å². The van der Waals surface area contributed by atoms with Crippen molar-refractivity contribution < 1.29 is 29.3 Å². The van der Waals surface area contributed by atoms with Crippen molar-refractivity contribution >= 4 is 23.2 Å². The van der Waals surface area contributed by atoms with E-state index in [9.17, 15) is 24.6 Å². The average Bonchev–Trinajstić information content (AvgIpc) is 3.09. The number of pyridine rings is 1. The van der Waals surface area contributed by atoms with Crippen molar-refractivity contribution in [3.63, 3.8) is 0 Å². The minimum atomic E-state index is -1.49. The number of benzene rings is 2. The van der Waals surface area contributed by atoms with Gasteiger partial charge in [-0.2, -0.15) is 0 Å². The summed E-state index contributed by atoms with van der Waals surface area (Å²) in [5.41, 5.74) is 3.13. The van der Waals surface area contributed by atoms with Gasteiger partial charge in [0.05, 0.1) is 32.2 Å². The van der Waals surface area contributed by atoms with Gasteiger partial charge in [0.15, 0.2) is 11.8 Å². The van der Waals surface area contributed by atoms with Gasteiger partial charge in [0.2, 0.25) is 0 Å². The number of carboxylic acids is 1. The lowest BCUT2D eigenvalue weighted by molar-refractivity contribution is 0.0690. The molecule has 2 aromatic heterocycles. The second-order valence-corrected chi connectivity index (χ2v) is 9.05. The van der Waals surface area contributed by atoms with Crippen LogP contribution in [0.1, 0.15) is 44.0 Å². The molecule has 0 atom stereocenters. The predicted octanol–water partition coefficient (Wildman–Crippen LogP) is 3.78. The monoisotopic (exact) mass is 502 g/mol. The molecule has 0 saturated carbocycles. The molecule has 0 bridgehead atoms. The number of carboxylic acid groups (broad SMARTS) is 1. The van der Waals surface area contributed by atoms with Crippen LogP contribution in [-0.4, -0.2) is 45.8 Å². The highest BCUT2D eigenvalue weighted by molar-refractivity contribution is 5.97. The lowest BCUT2D eigenvalue weighted by Gasteiger charge is -2.21. The van der Waals surface area contributed by atoms with Crippen molar-refractivity contribution in [2.24, 2.45) is 7.05 Å². The summed E-state index contributed by atoms with van der Waals surface area (Å²) < 4.78 is 14.0. The fraction of sp³-hybridized carbons (Fsp3) is 0.250. The molecule has 9 nitrogen and oxygen atoms in total. The van der Waals surface area contributed by atoms with Crippen LogP contribution < -0.4 is 15.0 Å². The molecule has 5 rings (SSSR count). The summed E-state index contributed by atoms with van der Waals surface area (Å²) >= 11 is 0. The Morgan fingerprint density at radius 1 is 1.08 bits per heavy atom. The van der Waals surface area contributed by atoms with Gasteiger partial charge in [0.1, 0.15) is 17.2 Å². The highest BCUT2D eigenvalue weighted by Crippen LogP contribution is 2.41. The molecular formula is C28H26N2O7. The maximum atomic E-state index is 13.6. The van der Waals surface area contributed by atoms with E-state index >= 15 is 0 Å². The molecule has 0 radical (unpaired) electrons.